The normalized spacial score (nSPS) is 10.8. The Balaban J connectivity index is 2.64. The van der Waals surface area contributed by atoms with Gasteiger partial charge in [0.2, 0.25) is 0 Å². The molecule has 0 atom stereocenters. The second-order valence-electron chi connectivity index (χ2n) is 3.40. The van der Waals surface area contributed by atoms with E-state index in [1.54, 1.807) is 19.9 Å². The predicted octanol–water partition coefficient (Wildman–Crippen LogP) is 3.68. The Morgan fingerprint density at radius 3 is 3.00 bits per heavy atom. The Bertz CT molecular complexity index is 597. The summed E-state index contributed by atoms with van der Waals surface area (Å²) in [6, 6.07) is 1.62. The Hall–Kier alpha value is -1.01. The van der Waals surface area contributed by atoms with Crippen LogP contribution in [0.1, 0.15) is 22.8 Å². The van der Waals surface area contributed by atoms with Crippen molar-refractivity contribution in [2.75, 3.05) is 6.61 Å². The fourth-order valence-corrected chi connectivity index (χ4v) is 2.94. The highest BCUT2D eigenvalue weighted by molar-refractivity contribution is 9.11. The first-order valence-electron chi connectivity index (χ1n) is 4.96. The van der Waals surface area contributed by atoms with Crippen LogP contribution in [0, 0.1) is 12.7 Å². The van der Waals surface area contributed by atoms with E-state index in [1.807, 2.05) is 0 Å². The van der Waals surface area contributed by atoms with E-state index in [0.717, 1.165) is 0 Å². The molecule has 1 aromatic carbocycles. The summed E-state index contributed by atoms with van der Waals surface area (Å²) < 4.78 is 20.1. The number of benzene rings is 1. The van der Waals surface area contributed by atoms with Gasteiger partial charge < -0.3 is 4.74 Å². The Labute approximate surface area is 110 Å². The standard InChI is InChI=1S/C11H9BrFNO2S/c1-3-16-10(15)6-4-7-9(8(13)5(6)2)14-11(12)17-7/h4H,3H2,1-2H3. The molecule has 0 radical (unpaired) electrons. The first-order valence-corrected chi connectivity index (χ1v) is 6.57. The van der Waals surface area contributed by atoms with Gasteiger partial charge in [0.1, 0.15) is 5.52 Å². The number of carbonyl (C=O) groups excluding carboxylic acids is 1. The molecule has 1 aromatic heterocycles. The molecule has 0 fully saturated rings. The summed E-state index contributed by atoms with van der Waals surface area (Å²) in [5.41, 5.74) is 0.814. The van der Waals surface area contributed by atoms with Gasteiger partial charge in [-0.25, -0.2) is 14.2 Å². The van der Waals surface area contributed by atoms with Crippen LogP contribution in [-0.4, -0.2) is 17.6 Å². The fourth-order valence-electron chi connectivity index (χ4n) is 1.52. The van der Waals surface area contributed by atoms with Crippen molar-refractivity contribution in [3.8, 4) is 0 Å². The number of rotatable bonds is 2. The Morgan fingerprint density at radius 2 is 2.35 bits per heavy atom. The van der Waals surface area contributed by atoms with E-state index in [4.69, 9.17) is 4.74 Å². The van der Waals surface area contributed by atoms with Crippen LogP contribution in [0.3, 0.4) is 0 Å². The molecule has 0 N–H and O–H groups in total. The number of halogens is 2. The zero-order valence-electron chi connectivity index (χ0n) is 9.21. The lowest BCUT2D eigenvalue weighted by Gasteiger charge is -2.06. The lowest BCUT2D eigenvalue weighted by molar-refractivity contribution is 0.0525. The fraction of sp³-hybridized carbons (Fsp3) is 0.273. The summed E-state index contributed by atoms with van der Waals surface area (Å²) in [5.74, 6) is -0.970. The molecule has 0 bridgehead atoms. The Kier molecular flexibility index (Phi) is 3.44. The van der Waals surface area contributed by atoms with E-state index < -0.39 is 11.8 Å². The predicted molar refractivity (Wildman–Crippen MR) is 68.0 cm³/mol. The summed E-state index contributed by atoms with van der Waals surface area (Å²) in [7, 11) is 0. The maximum atomic E-state index is 14.0. The van der Waals surface area contributed by atoms with Crippen molar-refractivity contribution in [2.45, 2.75) is 13.8 Å². The summed E-state index contributed by atoms with van der Waals surface area (Å²) in [4.78, 5) is 15.7. The van der Waals surface area contributed by atoms with Gasteiger partial charge in [-0.1, -0.05) is 0 Å². The van der Waals surface area contributed by atoms with Crippen LogP contribution in [0.25, 0.3) is 10.2 Å². The number of aromatic nitrogens is 1. The first kappa shape index (κ1) is 12.4. The van der Waals surface area contributed by atoms with Crippen molar-refractivity contribution < 1.29 is 13.9 Å². The molecule has 0 aliphatic carbocycles. The van der Waals surface area contributed by atoms with Gasteiger partial charge in [0.25, 0.3) is 0 Å². The SMILES string of the molecule is CCOC(=O)c1cc2sc(Br)nc2c(F)c1C. The highest BCUT2D eigenvalue weighted by Crippen LogP contribution is 2.31. The summed E-state index contributed by atoms with van der Waals surface area (Å²) >= 11 is 4.48. The molecule has 0 spiro atoms. The van der Waals surface area contributed by atoms with E-state index >= 15 is 0 Å². The van der Waals surface area contributed by atoms with Gasteiger partial charge in [-0.3, -0.25) is 0 Å². The number of hydrogen-bond donors (Lipinski definition) is 0. The molecule has 0 aliphatic heterocycles. The van der Waals surface area contributed by atoms with Gasteiger partial charge in [-0.15, -0.1) is 11.3 Å². The van der Waals surface area contributed by atoms with Crippen molar-refractivity contribution in [1.29, 1.82) is 0 Å². The van der Waals surface area contributed by atoms with Crippen LogP contribution in [0.5, 0.6) is 0 Å². The molecule has 6 heteroatoms. The van der Waals surface area contributed by atoms with Crippen LogP contribution < -0.4 is 0 Å². The van der Waals surface area contributed by atoms with Crippen LogP contribution in [0.2, 0.25) is 0 Å². The lowest BCUT2D eigenvalue weighted by Crippen LogP contribution is -2.08. The summed E-state index contributed by atoms with van der Waals surface area (Å²) in [6.07, 6.45) is 0. The van der Waals surface area contributed by atoms with E-state index in [0.29, 0.717) is 8.62 Å². The molecule has 0 aliphatic rings. The average Bonchev–Trinajstić information content (AvgIpc) is 2.65. The lowest BCUT2D eigenvalue weighted by atomic mass is 10.1. The second-order valence-corrected chi connectivity index (χ2v) is 5.70. The number of thiazole rings is 1. The minimum atomic E-state index is -0.504. The molecule has 90 valence electrons. The van der Waals surface area contributed by atoms with Crippen molar-refractivity contribution >= 4 is 43.5 Å². The molecule has 0 saturated heterocycles. The van der Waals surface area contributed by atoms with Gasteiger partial charge in [-0.2, -0.15) is 0 Å². The number of ether oxygens (including phenoxy) is 1. The zero-order valence-corrected chi connectivity index (χ0v) is 11.6. The van der Waals surface area contributed by atoms with Crippen LogP contribution in [-0.2, 0) is 4.74 Å². The number of fused-ring (bicyclic) bond motifs is 1. The van der Waals surface area contributed by atoms with Gasteiger partial charge in [0.05, 0.1) is 16.9 Å². The number of esters is 1. The van der Waals surface area contributed by atoms with Crippen molar-refractivity contribution in [2.24, 2.45) is 0 Å². The van der Waals surface area contributed by atoms with Crippen LogP contribution >= 0.6 is 27.3 Å². The first-order chi connectivity index (χ1) is 8.04. The minimum absolute atomic E-state index is 0.257. The highest BCUT2D eigenvalue weighted by atomic mass is 79.9. The largest absolute Gasteiger partial charge is 0.462 e. The van der Waals surface area contributed by atoms with E-state index in [2.05, 4.69) is 20.9 Å². The molecule has 0 amide bonds. The van der Waals surface area contributed by atoms with Crippen LogP contribution in [0.15, 0.2) is 9.98 Å². The number of hydrogen-bond acceptors (Lipinski definition) is 4. The molecule has 2 rings (SSSR count). The molecular formula is C11H9BrFNO2S. The van der Waals surface area contributed by atoms with Gasteiger partial charge in [-0.05, 0) is 35.8 Å². The molecule has 3 nitrogen and oxygen atoms in total. The smallest absolute Gasteiger partial charge is 0.338 e. The van der Waals surface area contributed by atoms with Crippen LogP contribution in [0.4, 0.5) is 4.39 Å². The maximum Gasteiger partial charge on any atom is 0.338 e. The van der Waals surface area contributed by atoms with Crippen molar-refractivity contribution in [1.82, 2.24) is 4.98 Å². The van der Waals surface area contributed by atoms with E-state index in [9.17, 15) is 9.18 Å². The number of carbonyl (C=O) groups is 1. The third kappa shape index (κ3) is 2.19. The highest BCUT2D eigenvalue weighted by Gasteiger charge is 2.18. The molecule has 0 saturated carbocycles. The van der Waals surface area contributed by atoms with E-state index in [-0.39, 0.29) is 23.3 Å². The minimum Gasteiger partial charge on any atom is -0.462 e. The average molecular weight is 318 g/mol. The number of nitrogens with zero attached hydrogens (tertiary/aromatic N) is 1. The summed E-state index contributed by atoms with van der Waals surface area (Å²) in [5, 5.41) is 0. The monoisotopic (exact) mass is 317 g/mol. The quantitative estimate of drug-likeness (QED) is 0.793. The third-order valence-corrected chi connectivity index (χ3v) is 3.79. The summed E-state index contributed by atoms with van der Waals surface area (Å²) in [6.45, 7) is 3.53. The van der Waals surface area contributed by atoms with Crippen molar-refractivity contribution in [3.05, 3.63) is 26.9 Å². The van der Waals surface area contributed by atoms with Gasteiger partial charge >= 0.3 is 5.97 Å². The molecule has 2 aromatic rings. The van der Waals surface area contributed by atoms with Gasteiger partial charge in [0.15, 0.2) is 9.73 Å². The Morgan fingerprint density at radius 1 is 1.65 bits per heavy atom. The van der Waals surface area contributed by atoms with E-state index in [1.165, 1.54) is 11.3 Å². The molecule has 0 unspecified atom stereocenters. The third-order valence-electron chi connectivity index (χ3n) is 2.34. The molecule has 1 heterocycles. The maximum absolute atomic E-state index is 14.0. The molecule has 17 heavy (non-hydrogen) atoms. The van der Waals surface area contributed by atoms with Gasteiger partial charge in [0, 0.05) is 5.56 Å². The topological polar surface area (TPSA) is 39.2 Å². The zero-order chi connectivity index (χ0) is 12.6. The second kappa shape index (κ2) is 4.70. The molecular weight excluding hydrogens is 309 g/mol. The van der Waals surface area contributed by atoms with Crippen molar-refractivity contribution in [3.63, 3.8) is 0 Å².